The summed E-state index contributed by atoms with van der Waals surface area (Å²) in [6, 6.07) is 12.8. The fraction of sp³-hybridized carbons (Fsp3) is 0.167. The summed E-state index contributed by atoms with van der Waals surface area (Å²) in [5.74, 6) is -0.377. The quantitative estimate of drug-likeness (QED) is 0.726. The van der Waals surface area contributed by atoms with Crippen LogP contribution in [0.2, 0.25) is 0 Å². The minimum atomic E-state index is -0.463. The molecule has 0 unspecified atom stereocenters. The van der Waals surface area contributed by atoms with E-state index >= 15 is 0 Å². The van der Waals surface area contributed by atoms with Gasteiger partial charge in [-0.15, -0.1) is 0 Å². The van der Waals surface area contributed by atoms with E-state index in [-0.39, 0.29) is 5.91 Å². The lowest BCUT2D eigenvalue weighted by molar-refractivity contribution is -0.115. The predicted octanol–water partition coefficient (Wildman–Crippen LogP) is 2.12. The Kier molecular flexibility index (Phi) is 6.11. The van der Waals surface area contributed by atoms with Crippen LogP contribution in [0.1, 0.15) is 34.1 Å². The normalized spacial score (nSPS) is 9.84. The summed E-state index contributed by atoms with van der Waals surface area (Å²) >= 11 is 0. The second kappa shape index (κ2) is 8.49. The minimum Gasteiger partial charge on any atom is -0.497 e. The fourth-order valence-corrected chi connectivity index (χ4v) is 1.95. The Labute approximate surface area is 145 Å². The van der Waals surface area contributed by atoms with Crippen LogP contribution in [0.5, 0.6) is 5.75 Å². The summed E-state index contributed by atoms with van der Waals surface area (Å²) in [4.78, 5) is 35.3. The molecule has 0 fully saturated rings. The largest absolute Gasteiger partial charge is 0.497 e. The first-order chi connectivity index (χ1) is 12.0. The Balaban J connectivity index is 1.90. The molecule has 130 valence electrons. The number of hydrogen-bond donors (Lipinski definition) is 3. The van der Waals surface area contributed by atoms with Crippen LogP contribution in [-0.4, -0.2) is 24.8 Å². The van der Waals surface area contributed by atoms with E-state index in [9.17, 15) is 14.4 Å². The van der Waals surface area contributed by atoms with E-state index in [0.29, 0.717) is 29.0 Å². The molecule has 0 radical (unpaired) electrons. The van der Waals surface area contributed by atoms with Crippen molar-refractivity contribution in [3.63, 3.8) is 0 Å². The summed E-state index contributed by atoms with van der Waals surface area (Å²) in [7, 11) is 1.54. The van der Waals surface area contributed by atoms with Crippen LogP contribution in [0.3, 0.4) is 0 Å². The molecule has 0 aromatic heterocycles. The van der Waals surface area contributed by atoms with Crippen molar-refractivity contribution in [3.8, 4) is 5.75 Å². The number of benzene rings is 2. The number of nitrogens with one attached hydrogen (secondary N) is 3. The SMILES string of the molecule is CCC(=O)Nc1ccc(C(=O)NNC(=O)c2ccc(OC)cc2)cc1. The zero-order valence-electron chi connectivity index (χ0n) is 14.0. The molecule has 0 aliphatic rings. The highest BCUT2D eigenvalue weighted by Gasteiger charge is 2.09. The molecule has 0 aliphatic carbocycles. The molecule has 2 aromatic carbocycles. The van der Waals surface area contributed by atoms with Crippen molar-refractivity contribution < 1.29 is 19.1 Å². The van der Waals surface area contributed by atoms with Gasteiger partial charge in [0.2, 0.25) is 5.91 Å². The van der Waals surface area contributed by atoms with Gasteiger partial charge in [-0.3, -0.25) is 25.2 Å². The Hall–Kier alpha value is -3.35. The highest BCUT2D eigenvalue weighted by molar-refractivity contribution is 5.99. The van der Waals surface area contributed by atoms with Gasteiger partial charge in [0.25, 0.3) is 11.8 Å². The molecule has 3 N–H and O–H groups in total. The van der Waals surface area contributed by atoms with Crippen molar-refractivity contribution in [2.24, 2.45) is 0 Å². The van der Waals surface area contributed by atoms with Gasteiger partial charge in [-0.25, -0.2) is 0 Å². The molecule has 7 heteroatoms. The molecule has 2 aromatic rings. The van der Waals surface area contributed by atoms with Gasteiger partial charge in [-0.1, -0.05) is 6.92 Å². The molecule has 0 saturated carbocycles. The molecule has 0 aliphatic heterocycles. The molecule has 0 spiro atoms. The van der Waals surface area contributed by atoms with Gasteiger partial charge in [0.05, 0.1) is 7.11 Å². The second-order valence-electron chi connectivity index (χ2n) is 5.12. The lowest BCUT2D eigenvalue weighted by atomic mass is 10.2. The maximum absolute atomic E-state index is 12.0. The smallest absolute Gasteiger partial charge is 0.269 e. The van der Waals surface area contributed by atoms with Crippen LogP contribution in [0.4, 0.5) is 5.69 Å². The lowest BCUT2D eigenvalue weighted by Gasteiger charge is -2.09. The van der Waals surface area contributed by atoms with E-state index in [1.54, 1.807) is 55.5 Å². The topological polar surface area (TPSA) is 96.5 Å². The van der Waals surface area contributed by atoms with E-state index in [2.05, 4.69) is 16.2 Å². The molecule has 7 nitrogen and oxygen atoms in total. The second-order valence-corrected chi connectivity index (χ2v) is 5.12. The zero-order chi connectivity index (χ0) is 18.2. The lowest BCUT2D eigenvalue weighted by Crippen LogP contribution is -2.41. The molecule has 3 amide bonds. The van der Waals surface area contributed by atoms with Gasteiger partial charge < -0.3 is 10.1 Å². The Morgan fingerprint density at radius 2 is 1.32 bits per heavy atom. The number of anilines is 1. The first kappa shape index (κ1) is 18.0. The van der Waals surface area contributed by atoms with Crippen LogP contribution in [0.15, 0.2) is 48.5 Å². The maximum atomic E-state index is 12.0. The Morgan fingerprint density at radius 1 is 0.840 bits per heavy atom. The summed E-state index contributed by atoms with van der Waals surface area (Å²) in [5, 5.41) is 2.69. The molecule has 0 saturated heterocycles. The number of rotatable bonds is 5. The standard InChI is InChI=1S/C18H19N3O4/c1-3-16(22)19-14-8-4-12(5-9-14)17(23)20-21-18(24)13-6-10-15(25-2)11-7-13/h4-11H,3H2,1-2H3,(H,19,22)(H,20,23)(H,21,24). The molecule has 0 heterocycles. The number of hydrogen-bond acceptors (Lipinski definition) is 4. The van der Waals surface area contributed by atoms with Crippen molar-refractivity contribution in [2.45, 2.75) is 13.3 Å². The van der Waals surface area contributed by atoms with Gasteiger partial charge in [0, 0.05) is 23.2 Å². The number of methoxy groups -OCH3 is 1. The minimum absolute atomic E-state index is 0.107. The van der Waals surface area contributed by atoms with Gasteiger partial charge >= 0.3 is 0 Å². The molecule has 2 rings (SSSR count). The number of hydrazine groups is 1. The van der Waals surface area contributed by atoms with Crippen LogP contribution >= 0.6 is 0 Å². The highest BCUT2D eigenvalue weighted by Crippen LogP contribution is 2.11. The third-order valence-corrected chi connectivity index (χ3v) is 3.39. The molecular weight excluding hydrogens is 322 g/mol. The number of amides is 3. The Bertz CT molecular complexity index is 755. The Morgan fingerprint density at radius 3 is 1.76 bits per heavy atom. The monoisotopic (exact) mass is 341 g/mol. The summed E-state index contributed by atoms with van der Waals surface area (Å²) in [5.41, 5.74) is 6.02. The van der Waals surface area contributed by atoms with Crippen LogP contribution in [-0.2, 0) is 4.79 Å². The molecule has 25 heavy (non-hydrogen) atoms. The van der Waals surface area contributed by atoms with Crippen molar-refractivity contribution in [1.82, 2.24) is 10.9 Å². The van der Waals surface area contributed by atoms with Crippen molar-refractivity contribution in [1.29, 1.82) is 0 Å². The van der Waals surface area contributed by atoms with E-state index in [1.807, 2.05) is 0 Å². The molecular formula is C18H19N3O4. The van der Waals surface area contributed by atoms with Crippen LogP contribution in [0, 0.1) is 0 Å². The average Bonchev–Trinajstić information content (AvgIpc) is 2.66. The van der Waals surface area contributed by atoms with Gasteiger partial charge in [0.15, 0.2) is 0 Å². The summed E-state index contributed by atoms with van der Waals surface area (Å²) in [6.45, 7) is 1.75. The van der Waals surface area contributed by atoms with E-state index in [1.165, 1.54) is 7.11 Å². The summed E-state index contributed by atoms with van der Waals surface area (Å²) < 4.78 is 5.02. The first-order valence-corrected chi connectivity index (χ1v) is 7.68. The average molecular weight is 341 g/mol. The third-order valence-electron chi connectivity index (χ3n) is 3.39. The highest BCUT2D eigenvalue weighted by atomic mass is 16.5. The van der Waals surface area contributed by atoms with Crippen LogP contribution < -0.4 is 20.9 Å². The van der Waals surface area contributed by atoms with E-state index in [0.717, 1.165) is 0 Å². The molecule has 0 bridgehead atoms. The van der Waals surface area contributed by atoms with Gasteiger partial charge in [0.1, 0.15) is 5.75 Å². The fourth-order valence-electron chi connectivity index (χ4n) is 1.95. The molecule has 0 atom stereocenters. The van der Waals surface area contributed by atoms with E-state index in [4.69, 9.17) is 4.74 Å². The van der Waals surface area contributed by atoms with Gasteiger partial charge in [-0.05, 0) is 48.5 Å². The van der Waals surface area contributed by atoms with Crippen molar-refractivity contribution >= 4 is 23.4 Å². The predicted molar refractivity (Wildman–Crippen MR) is 93.3 cm³/mol. The zero-order valence-corrected chi connectivity index (χ0v) is 14.0. The van der Waals surface area contributed by atoms with E-state index < -0.39 is 11.8 Å². The number of carbonyl (C=O) groups excluding carboxylic acids is 3. The van der Waals surface area contributed by atoms with Crippen LogP contribution in [0.25, 0.3) is 0 Å². The van der Waals surface area contributed by atoms with Crippen molar-refractivity contribution in [3.05, 3.63) is 59.7 Å². The van der Waals surface area contributed by atoms with Crippen molar-refractivity contribution in [2.75, 3.05) is 12.4 Å². The summed E-state index contributed by atoms with van der Waals surface area (Å²) in [6.07, 6.45) is 0.375. The first-order valence-electron chi connectivity index (χ1n) is 7.68. The third kappa shape index (κ3) is 5.07. The maximum Gasteiger partial charge on any atom is 0.269 e. The van der Waals surface area contributed by atoms with Gasteiger partial charge in [-0.2, -0.15) is 0 Å². The number of carbonyl (C=O) groups is 3. The number of ether oxygens (including phenoxy) is 1.